The number of aliphatic hydroxyl groups excluding tert-OH is 1. The van der Waals surface area contributed by atoms with E-state index in [4.69, 9.17) is 5.11 Å². The number of carbonyl (C=O) groups is 1. The van der Waals surface area contributed by atoms with E-state index in [-0.39, 0.29) is 18.6 Å². The van der Waals surface area contributed by atoms with Gasteiger partial charge in [0.2, 0.25) is 5.91 Å². The van der Waals surface area contributed by atoms with Crippen molar-refractivity contribution in [3.8, 4) is 0 Å². The van der Waals surface area contributed by atoms with E-state index in [1.54, 1.807) is 11.3 Å². The molecule has 1 aromatic carbocycles. The lowest BCUT2D eigenvalue weighted by molar-refractivity contribution is -0.121. The molecule has 0 fully saturated rings. The maximum Gasteiger partial charge on any atom is 0.224 e. The Bertz CT molecular complexity index is 663. The summed E-state index contributed by atoms with van der Waals surface area (Å²) in [5, 5.41) is 16.4. The molecule has 24 heavy (non-hydrogen) atoms. The van der Waals surface area contributed by atoms with Gasteiger partial charge in [-0.25, -0.2) is 4.98 Å². The number of carbonyl (C=O) groups excluding carboxylic acids is 1. The lowest BCUT2D eigenvalue weighted by Crippen LogP contribution is -2.37. The van der Waals surface area contributed by atoms with Crippen LogP contribution in [0.4, 0.5) is 5.69 Å². The van der Waals surface area contributed by atoms with E-state index in [0.29, 0.717) is 6.42 Å². The number of benzene rings is 1. The minimum Gasteiger partial charge on any atom is -0.394 e. The number of nitrogens with one attached hydrogen (secondary N) is 2. The second-order valence-electron chi connectivity index (χ2n) is 5.82. The van der Waals surface area contributed by atoms with Crippen LogP contribution in [-0.2, 0) is 17.8 Å². The summed E-state index contributed by atoms with van der Waals surface area (Å²) >= 11 is 1.71. The first kappa shape index (κ1) is 18.4. The van der Waals surface area contributed by atoms with Crippen LogP contribution >= 0.6 is 11.3 Å². The van der Waals surface area contributed by atoms with Gasteiger partial charge in [0.25, 0.3) is 0 Å². The minimum absolute atomic E-state index is 0.0262. The van der Waals surface area contributed by atoms with Crippen LogP contribution in [0.25, 0.3) is 0 Å². The van der Waals surface area contributed by atoms with Crippen LogP contribution in [0, 0.1) is 13.8 Å². The largest absolute Gasteiger partial charge is 0.394 e. The average molecular weight is 347 g/mol. The molecule has 2 rings (SSSR count). The van der Waals surface area contributed by atoms with E-state index >= 15 is 0 Å². The molecule has 1 heterocycles. The highest BCUT2D eigenvalue weighted by molar-refractivity contribution is 7.11. The number of aliphatic hydroxyl groups is 1. The van der Waals surface area contributed by atoms with Crippen LogP contribution in [0.2, 0.25) is 0 Å². The van der Waals surface area contributed by atoms with E-state index < -0.39 is 0 Å². The van der Waals surface area contributed by atoms with E-state index in [0.717, 1.165) is 34.9 Å². The molecule has 0 bridgehead atoms. The van der Waals surface area contributed by atoms with Gasteiger partial charge in [-0.1, -0.05) is 19.1 Å². The molecule has 6 heteroatoms. The van der Waals surface area contributed by atoms with E-state index in [1.165, 1.54) is 4.88 Å². The van der Waals surface area contributed by atoms with Crippen LogP contribution < -0.4 is 10.6 Å². The Morgan fingerprint density at radius 3 is 2.54 bits per heavy atom. The third-order valence-electron chi connectivity index (χ3n) is 3.85. The van der Waals surface area contributed by atoms with Gasteiger partial charge in [0.1, 0.15) is 0 Å². The van der Waals surface area contributed by atoms with Crippen molar-refractivity contribution in [3.05, 3.63) is 45.4 Å². The second-order valence-corrected chi connectivity index (χ2v) is 7.11. The number of thiazole rings is 1. The van der Waals surface area contributed by atoms with E-state index in [9.17, 15) is 4.79 Å². The summed E-state index contributed by atoms with van der Waals surface area (Å²) < 4.78 is 0. The quantitative estimate of drug-likeness (QED) is 0.686. The molecule has 0 saturated heterocycles. The number of nitrogens with zero attached hydrogens (tertiary/aromatic N) is 1. The molecule has 0 spiro atoms. The Balaban J connectivity index is 1.86. The fourth-order valence-electron chi connectivity index (χ4n) is 2.40. The smallest absolute Gasteiger partial charge is 0.224 e. The summed E-state index contributed by atoms with van der Waals surface area (Å²) in [6.45, 7) is 6.71. The Hall–Kier alpha value is -1.92. The molecule has 3 N–H and O–H groups in total. The first-order valence-corrected chi connectivity index (χ1v) is 8.99. The Morgan fingerprint density at radius 1 is 1.29 bits per heavy atom. The number of anilines is 1. The molecule has 0 unspecified atom stereocenters. The van der Waals surface area contributed by atoms with Crippen LogP contribution in [0.5, 0.6) is 0 Å². The van der Waals surface area contributed by atoms with Gasteiger partial charge in [0.05, 0.1) is 36.3 Å². The van der Waals surface area contributed by atoms with E-state index in [2.05, 4.69) is 15.6 Å². The first-order chi connectivity index (χ1) is 11.5. The van der Waals surface area contributed by atoms with Crippen molar-refractivity contribution in [2.45, 2.75) is 46.2 Å². The maximum atomic E-state index is 11.9. The summed E-state index contributed by atoms with van der Waals surface area (Å²) in [5.41, 5.74) is 3.05. The molecule has 2 aromatic rings. The van der Waals surface area contributed by atoms with E-state index in [1.807, 2.05) is 45.0 Å². The van der Waals surface area contributed by atoms with Crippen LogP contribution in [0.3, 0.4) is 0 Å². The summed E-state index contributed by atoms with van der Waals surface area (Å²) in [6.07, 6.45) is 1.05. The molecule has 0 radical (unpaired) electrons. The molecular formula is C18H25N3O2S. The predicted molar refractivity (Wildman–Crippen MR) is 98.4 cm³/mol. The molecule has 1 aromatic heterocycles. The SMILES string of the molecule is CC[C@H](CO)NC(=O)Cc1ccc(NCc2sc(C)nc2C)cc1. The first-order valence-electron chi connectivity index (χ1n) is 8.17. The third-order valence-corrected chi connectivity index (χ3v) is 4.92. The van der Waals surface area contributed by atoms with Crippen molar-refractivity contribution in [1.82, 2.24) is 10.3 Å². The molecular weight excluding hydrogens is 322 g/mol. The third kappa shape index (κ3) is 5.32. The van der Waals surface area contributed by atoms with Gasteiger partial charge in [-0.2, -0.15) is 0 Å². The Labute approximate surface area is 147 Å². The van der Waals surface area contributed by atoms with Crippen LogP contribution in [0.1, 0.15) is 34.5 Å². The lowest BCUT2D eigenvalue weighted by Gasteiger charge is -2.14. The van der Waals surface area contributed by atoms with Gasteiger partial charge < -0.3 is 15.7 Å². The molecule has 5 nitrogen and oxygen atoms in total. The van der Waals surface area contributed by atoms with Crippen molar-refractivity contribution in [2.24, 2.45) is 0 Å². The van der Waals surface area contributed by atoms with Crippen molar-refractivity contribution in [2.75, 3.05) is 11.9 Å². The number of hydrogen-bond donors (Lipinski definition) is 3. The van der Waals surface area contributed by atoms with Gasteiger partial charge in [0, 0.05) is 10.6 Å². The summed E-state index contributed by atoms with van der Waals surface area (Å²) in [5.74, 6) is -0.0626. The fourth-order valence-corrected chi connectivity index (χ4v) is 3.28. The number of hydrogen-bond acceptors (Lipinski definition) is 5. The van der Waals surface area contributed by atoms with Gasteiger partial charge in [-0.15, -0.1) is 11.3 Å². The van der Waals surface area contributed by atoms with Crippen molar-refractivity contribution in [1.29, 1.82) is 0 Å². The fraction of sp³-hybridized carbons (Fsp3) is 0.444. The maximum absolute atomic E-state index is 11.9. The molecule has 1 atom stereocenters. The molecule has 0 aliphatic rings. The zero-order valence-corrected chi connectivity index (χ0v) is 15.2. The van der Waals surface area contributed by atoms with Crippen molar-refractivity contribution < 1.29 is 9.90 Å². The molecule has 130 valence electrons. The highest BCUT2D eigenvalue weighted by atomic mass is 32.1. The highest BCUT2D eigenvalue weighted by Crippen LogP contribution is 2.19. The monoisotopic (exact) mass is 347 g/mol. The molecule has 0 aliphatic heterocycles. The average Bonchev–Trinajstić information content (AvgIpc) is 2.89. The van der Waals surface area contributed by atoms with Crippen molar-refractivity contribution >= 4 is 22.9 Å². The Kier molecular flexibility index (Phi) is 6.75. The summed E-state index contributed by atoms with van der Waals surface area (Å²) in [4.78, 5) is 17.6. The summed E-state index contributed by atoms with van der Waals surface area (Å²) in [6, 6.07) is 7.70. The Morgan fingerprint density at radius 2 is 2.00 bits per heavy atom. The zero-order valence-electron chi connectivity index (χ0n) is 14.4. The number of aryl methyl sites for hydroxylation is 2. The molecule has 0 saturated carbocycles. The number of amides is 1. The second kappa shape index (κ2) is 8.80. The number of rotatable bonds is 8. The topological polar surface area (TPSA) is 74.2 Å². The van der Waals surface area contributed by atoms with Crippen molar-refractivity contribution in [3.63, 3.8) is 0 Å². The van der Waals surface area contributed by atoms with Crippen LogP contribution in [-0.4, -0.2) is 28.6 Å². The van der Waals surface area contributed by atoms with Gasteiger partial charge in [-0.05, 0) is 38.0 Å². The lowest BCUT2D eigenvalue weighted by atomic mass is 10.1. The van der Waals surface area contributed by atoms with Crippen LogP contribution in [0.15, 0.2) is 24.3 Å². The predicted octanol–water partition coefficient (Wildman–Crippen LogP) is 2.80. The van der Waals surface area contributed by atoms with Gasteiger partial charge in [-0.3, -0.25) is 4.79 Å². The highest BCUT2D eigenvalue weighted by Gasteiger charge is 2.10. The molecule has 0 aliphatic carbocycles. The minimum atomic E-state index is -0.162. The normalized spacial score (nSPS) is 12.0. The standard InChI is InChI=1S/C18H25N3O2S/c1-4-15(11-22)21-18(23)9-14-5-7-16(8-6-14)19-10-17-12(2)20-13(3)24-17/h5-8,15,19,22H,4,9-11H2,1-3H3,(H,21,23)/t15-/m1/s1. The molecule has 1 amide bonds. The summed E-state index contributed by atoms with van der Waals surface area (Å²) in [7, 11) is 0. The zero-order chi connectivity index (χ0) is 17.5. The van der Waals surface area contributed by atoms with Gasteiger partial charge >= 0.3 is 0 Å². The van der Waals surface area contributed by atoms with Gasteiger partial charge in [0.15, 0.2) is 0 Å². The number of aromatic nitrogens is 1.